The molecular weight excluding hydrogens is 583 g/mol. The lowest BCUT2D eigenvalue weighted by Gasteiger charge is -2.20. The van der Waals surface area contributed by atoms with Crippen molar-refractivity contribution in [2.24, 2.45) is 0 Å². The molecule has 0 radical (unpaired) electrons. The molecule has 1 aromatic heterocycles. The fraction of sp³-hybridized carbons (Fsp3) is 0.178. The molecule has 0 amide bonds. The summed E-state index contributed by atoms with van der Waals surface area (Å²) >= 11 is 0. The van der Waals surface area contributed by atoms with E-state index in [0.29, 0.717) is 17.5 Å². The lowest BCUT2D eigenvalue weighted by atomic mass is 9.85. The molecule has 234 valence electrons. The number of aromatic nitrogens is 3. The van der Waals surface area contributed by atoms with Crippen LogP contribution in [0.1, 0.15) is 60.8 Å². The van der Waals surface area contributed by atoms with Crippen molar-refractivity contribution in [3.8, 4) is 45.3 Å². The van der Waals surface area contributed by atoms with E-state index in [1.807, 2.05) is 36.4 Å². The second-order valence-corrected chi connectivity index (χ2v) is 12.9. The van der Waals surface area contributed by atoms with Gasteiger partial charge in [0.15, 0.2) is 17.5 Å². The number of allylic oxidation sites excluding steroid dienone is 4. The lowest BCUT2D eigenvalue weighted by Crippen LogP contribution is -2.01. The van der Waals surface area contributed by atoms with Gasteiger partial charge in [-0.25, -0.2) is 15.0 Å². The fourth-order valence-electron chi connectivity index (χ4n) is 7.15. The Morgan fingerprint density at radius 3 is 1.71 bits per heavy atom. The molecule has 0 saturated heterocycles. The van der Waals surface area contributed by atoms with Gasteiger partial charge in [0, 0.05) is 16.7 Å². The molecule has 1 heterocycles. The van der Waals surface area contributed by atoms with Gasteiger partial charge in [-0.1, -0.05) is 146 Å². The third-order valence-electron chi connectivity index (χ3n) is 9.69. The predicted molar refractivity (Wildman–Crippen MR) is 199 cm³/mol. The average Bonchev–Trinajstić information content (AvgIpc) is 3.17. The van der Waals surface area contributed by atoms with Crippen LogP contribution < -0.4 is 0 Å². The third-order valence-corrected chi connectivity index (χ3v) is 9.69. The number of hydrogen-bond donors (Lipinski definition) is 0. The number of nitrogens with zero attached hydrogens (tertiary/aromatic N) is 3. The Bertz CT molecular complexity index is 2070. The van der Waals surface area contributed by atoms with Gasteiger partial charge in [-0.15, -0.1) is 0 Å². The number of rotatable bonds is 5. The molecule has 0 saturated carbocycles. The summed E-state index contributed by atoms with van der Waals surface area (Å²) in [7, 11) is 0. The van der Waals surface area contributed by atoms with Crippen LogP contribution in [0.5, 0.6) is 0 Å². The van der Waals surface area contributed by atoms with Crippen molar-refractivity contribution in [2.75, 3.05) is 0 Å². The zero-order valence-corrected chi connectivity index (χ0v) is 27.3. The van der Waals surface area contributed by atoms with Crippen LogP contribution in [0.25, 0.3) is 56.4 Å². The van der Waals surface area contributed by atoms with E-state index in [1.165, 1.54) is 76.6 Å². The second-order valence-electron chi connectivity index (χ2n) is 12.9. The second kappa shape index (κ2) is 13.8. The van der Waals surface area contributed by atoms with Crippen molar-refractivity contribution in [3.63, 3.8) is 0 Å². The van der Waals surface area contributed by atoms with Crippen LogP contribution in [0.3, 0.4) is 0 Å². The van der Waals surface area contributed by atoms with E-state index in [-0.39, 0.29) is 0 Å². The molecule has 2 aliphatic carbocycles. The monoisotopic (exact) mass is 621 g/mol. The van der Waals surface area contributed by atoms with Crippen LogP contribution in [-0.2, 0) is 12.8 Å². The highest BCUT2D eigenvalue weighted by Gasteiger charge is 2.17. The van der Waals surface area contributed by atoms with Gasteiger partial charge in [0.25, 0.3) is 0 Å². The van der Waals surface area contributed by atoms with E-state index in [9.17, 15) is 0 Å². The predicted octanol–water partition coefficient (Wildman–Crippen LogP) is 11.5. The summed E-state index contributed by atoms with van der Waals surface area (Å²) < 4.78 is 0. The number of benzene rings is 5. The van der Waals surface area contributed by atoms with E-state index < -0.39 is 0 Å². The summed E-state index contributed by atoms with van der Waals surface area (Å²) in [6.07, 6.45) is 14.3. The van der Waals surface area contributed by atoms with E-state index in [2.05, 4.69) is 103 Å². The smallest absolute Gasteiger partial charge is 0.164 e. The Kier molecular flexibility index (Phi) is 8.58. The normalized spacial score (nSPS) is 14.7. The molecule has 0 atom stereocenters. The van der Waals surface area contributed by atoms with Gasteiger partial charge >= 0.3 is 0 Å². The Morgan fingerprint density at radius 2 is 0.979 bits per heavy atom. The third kappa shape index (κ3) is 6.41. The van der Waals surface area contributed by atoms with Gasteiger partial charge in [0.2, 0.25) is 0 Å². The molecule has 0 spiro atoms. The van der Waals surface area contributed by atoms with Crippen molar-refractivity contribution in [1.29, 1.82) is 0 Å². The van der Waals surface area contributed by atoms with Crippen LogP contribution in [0, 0.1) is 0 Å². The van der Waals surface area contributed by atoms with Crippen molar-refractivity contribution >= 4 is 11.1 Å². The summed E-state index contributed by atoms with van der Waals surface area (Å²) in [6.45, 7) is 0. The van der Waals surface area contributed by atoms with Crippen molar-refractivity contribution in [1.82, 2.24) is 15.0 Å². The molecule has 0 aliphatic heterocycles. The minimum atomic E-state index is 0.678. The van der Waals surface area contributed by atoms with Crippen LogP contribution in [0.4, 0.5) is 0 Å². The van der Waals surface area contributed by atoms with Gasteiger partial charge in [-0.05, 0) is 89.1 Å². The summed E-state index contributed by atoms with van der Waals surface area (Å²) in [5, 5.41) is 0. The Morgan fingerprint density at radius 1 is 0.396 bits per heavy atom. The molecule has 3 nitrogen and oxygen atoms in total. The van der Waals surface area contributed by atoms with Gasteiger partial charge in [-0.2, -0.15) is 0 Å². The van der Waals surface area contributed by atoms with Gasteiger partial charge in [0.05, 0.1) is 0 Å². The molecule has 8 rings (SSSR count). The quantitative estimate of drug-likeness (QED) is 0.192. The molecule has 0 bridgehead atoms. The summed E-state index contributed by atoms with van der Waals surface area (Å²) in [5.41, 5.74) is 13.9. The molecule has 3 heteroatoms. The summed E-state index contributed by atoms with van der Waals surface area (Å²) in [6, 6.07) is 45.2. The average molecular weight is 622 g/mol. The molecule has 0 fully saturated rings. The molecule has 0 unspecified atom stereocenters. The number of aryl methyl sites for hydroxylation is 2. The standard InChI is InChI=1S/C45H39N3/c1-2-6-21-39-30-38(27-28-42(39)41-26-12-11-16-32(41)15-5-1)36-23-13-22-35(29-36)37-24-14-25-40(31-37)45-47-43(33-17-7-3-8-18-33)46-44(48-45)34-19-9-4-10-20-34/h3-4,7-12,14,16-20,22,24-31H,1-2,5-6,13,15,21,23H2. The number of fused-ring (bicyclic) bond motifs is 3. The van der Waals surface area contributed by atoms with Crippen LogP contribution in [0.15, 0.2) is 140 Å². The maximum absolute atomic E-state index is 4.97. The Balaban J connectivity index is 1.14. The topological polar surface area (TPSA) is 38.7 Å². The van der Waals surface area contributed by atoms with E-state index in [0.717, 1.165) is 36.0 Å². The SMILES string of the molecule is C1=C(c2cccc(-c3nc(-c4ccccc4)nc(-c4ccccc4)n3)c2)C=C(c2ccc3c(c2)CCCCCCc2ccccc2-3)CC1. The highest BCUT2D eigenvalue weighted by atomic mass is 15.0. The van der Waals surface area contributed by atoms with Gasteiger partial charge in [0.1, 0.15) is 0 Å². The largest absolute Gasteiger partial charge is 0.208 e. The summed E-state index contributed by atoms with van der Waals surface area (Å²) in [4.78, 5) is 14.8. The van der Waals surface area contributed by atoms with Crippen molar-refractivity contribution < 1.29 is 0 Å². The highest BCUT2D eigenvalue weighted by molar-refractivity contribution is 5.87. The van der Waals surface area contributed by atoms with Crippen molar-refractivity contribution in [3.05, 3.63) is 162 Å². The van der Waals surface area contributed by atoms with E-state index >= 15 is 0 Å². The first-order valence-corrected chi connectivity index (χ1v) is 17.4. The lowest BCUT2D eigenvalue weighted by molar-refractivity contribution is 0.638. The minimum Gasteiger partial charge on any atom is -0.208 e. The van der Waals surface area contributed by atoms with Crippen LogP contribution >= 0.6 is 0 Å². The van der Waals surface area contributed by atoms with Crippen LogP contribution in [-0.4, -0.2) is 15.0 Å². The maximum Gasteiger partial charge on any atom is 0.164 e. The molecular formula is C45H39N3. The van der Waals surface area contributed by atoms with E-state index in [1.54, 1.807) is 0 Å². The first-order valence-electron chi connectivity index (χ1n) is 17.4. The number of hydrogen-bond acceptors (Lipinski definition) is 3. The maximum atomic E-state index is 4.97. The Labute approximate surface area is 283 Å². The van der Waals surface area contributed by atoms with Crippen molar-refractivity contribution in [2.45, 2.75) is 51.4 Å². The first-order chi connectivity index (χ1) is 23.8. The molecule has 48 heavy (non-hydrogen) atoms. The first kappa shape index (κ1) is 30.0. The molecule has 0 N–H and O–H groups in total. The zero-order valence-electron chi connectivity index (χ0n) is 27.3. The Hall–Kier alpha value is -5.41. The fourth-order valence-corrected chi connectivity index (χ4v) is 7.15. The summed E-state index contributed by atoms with van der Waals surface area (Å²) in [5.74, 6) is 2.03. The molecule has 2 aliphatic rings. The van der Waals surface area contributed by atoms with E-state index in [4.69, 9.17) is 15.0 Å². The highest BCUT2D eigenvalue weighted by Crippen LogP contribution is 2.37. The van der Waals surface area contributed by atoms with Gasteiger partial charge < -0.3 is 0 Å². The zero-order chi connectivity index (χ0) is 32.1. The van der Waals surface area contributed by atoms with Crippen LogP contribution in [0.2, 0.25) is 0 Å². The van der Waals surface area contributed by atoms with Gasteiger partial charge in [-0.3, -0.25) is 0 Å². The molecule has 5 aromatic carbocycles. The minimum absolute atomic E-state index is 0.678. The molecule has 6 aromatic rings.